The first-order chi connectivity index (χ1) is 8.01. The molecule has 94 valence electrons. The Morgan fingerprint density at radius 2 is 2.00 bits per heavy atom. The normalized spacial score (nSPS) is 12.6. The van der Waals surface area contributed by atoms with Crippen molar-refractivity contribution >= 4 is 5.97 Å². The molecular formula is C14H20O3. The third-order valence-corrected chi connectivity index (χ3v) is 2.90. The summed E-state index contributed by atoms with van der Waals surface area (Å²) >= 11 is 0. The Balaban J connectivity index is 3.21. The van der Waals surface area contributed by atoms with Crippen LogP contribution in [0.4, 0.5) is 0 Å². The number of rotatable bonds is 4. The van der Waals surface area contributed by atoms with Crippen molar-refractivity contribution in [3.8, 4) is 0 Å². The summed E-state index contributed by atoms with van der Waals surface area (Å²) in [7, 11) is 1.28. The van der Waals surface area contributed by atoms with E-state index in [9.17, 15) is 9.90 Å². The van der Waals surface area contributed by atoms with Crippen molar-refractivity contribution in [2.45, 2.75) is 39.2 Å². The lowest BCUT2D eigenvalue weighted by atomic mass is 9.91. The van der Waals surface area contributed by atoms with Crippen LogP contribution < -0.4 is 0 Å². The van der Waals surface area contributed by atoms with Gasteiger partial charge in [-0.05, 0) is 29.0 Å². The molecule has 0 aliphatic heterocycles. The van der Waals surface area contributed by atoms with Crippen molar-refractivity contribution in [3.05, 3.63) is 34.9 Å². The van der Waals surface area contributed by atoms with Gasteiger partial charge in [0.1, 0.15) is 0 Å². The van der Waals surface area contributed by atoms with Crippen molar-refractivity contribution in [3.63, 3.8) is 0 Å². The number of methoxy groups -OCH3 is 1. The first-order valence-corrected chi connectivity index (χ1v) is 5.89. The number of hydrogen-bond acceptors (Lipinski definition) is 3. The van der Waals surface area contributed by atoms with Crippen LogP contribution in [0.2, 0.25) is 0 Å². The highest BCUT2D eigenvalue weighted by Gasteiger charge is 2.22. The Hall–Kier alpha value is -1.35. The van der Waals surface area contributed by atoms with Gasteiger partial charge >= 0.3 is 5.97 Å². The fraction of sp³-hybridized carbons (Fsp3) is 0.500. The molecule has 0 heterocycles. The van der Waals surface area contributed by atoms with Crippen molar-refractivity contribution in [1.82, 2.24) is 0 Å². The summed E-state index contributed by atoms with van der Waals surface area (Å²) < 4.78 is 4.59. The van der Waals surface area contributed by atoms with Crippen LogP contribution in [0.1, 0.15) is 49.5 Å². The number of esters is 1. The van der Waals surface area contributed by atoms with Gasteiger partial charge in [-0.25, -0.2) is 4.79 Å². The van der Waals surface area contributed by atoms with Crippen molar-refractivity contribution in [1.29, 1.82) is 0 Å². The number of ether oxygens (including phenoxy) is 1. The van der Waals surface area contributed by atoms with Crippen LogP contribution in [0.15, 0.2) is 18.2 Å². The zero-order chi connectivity index (χ0) is 13.0. The average molecular weight is 236 g/mol. The molecule has 3 heteroatoms. The van der Waals surface area contributed by atoms with Crippen LogP contribution in [0.25, 0.3) is 0 Å². The molecule has 0 aromatic heterocycles. The van der Waals surface area contributed by atoms with Crippen molar-refractivity contribution in [2.75, 3.05) is 7.11 Å². The largest absolute Gasteiger partial charge is 0.467 e. The summed E-state index contributed by atoms with van der Waals surface area (Å²) in [6.45, 7) is 6.11. The second-order valence-electron chi connectivity index (χ2n) is 4.40. The van der Waals surface area contributed by atoms with E-state index in [0.717, 1.165) is 17.5 Å². The molecule has 1 atom stereocenters. The predicted molar refractivity (Wildman–Crippen MR) is 66.9 cm³/mol. The number of carbonyl (C=O) groups is 1. The molecule has 1 N–H and O–H groups in total. The number of hydrogen-bond donors (Lipinski definition) is 1. The lowest BCUT2D eigenvalue weighted by Gasteiger charge is -2.17. The quantitative estimate of drug-likeness (QED) is 0.817. The summed E-state index contributed by atoms with van der Waals surface area (Å²) in [4.78, 5) is 11.4. The molecule has 0 amide bonds. The highest BCUT2D eigenvalue weighted by Crippen LogP contribution is 2.27. The molecule has 0 aliphatic carbocycles. The highest BCUT2D eigenvalue weighted by molar-refractivity contribution is 5.76. The molecule has 1 rings (SSSR count). The molecule has 0 aliphatic rings. The number of aliphatic hydroxyl groups is 1. The molecular weight excluding hydrogens is 216 g/mol. The van der Waals surface area contributed by atoms with Crippen LogP contribution in [0, 0.1) is 0 Å². The molecule has 0 bridgehead atoms. The molecule has 0 spiro atoms. The van der Waals surface area contributed by atoms with E-state index in [2.05, 4.69) is 4.74 Å². The monoisotopic (exact) mass is 236 g/mol. The summed E-state index contributed by atoms with van der Waals surface area (Å²) in [5.41, 5.74) is 2.75. The number of benzene rings is 1. The van der Waals surface area contributed by atoms with Crippen molar-refractivity contribution in [2.24, 2.45) is 0 Å². The minimum atomic E-state index is -1.19. The van der Waals surface area contributed by atoms with Gasteiger partial charge in [0.2, 0.25) is 0 Å². The lowest BCUT2D eigenvalue weighted by molar-refractivity contribution is -0.150. The Labute approximate surface area is 102 Å². The highest BCUT2D eigenvalue weighted by atomic mass is 16.5. The van der Waals surface area contributed by atoms with E-state index in [1.807, 2.05) is 39.0 Å². The topological polar surface area (TPSA) is 46.5 Å². The maximum atomic E-state index is 11.4. The average Bonchev–Trinajstić information content (AvgIpc) is 2.35. The van der Waals surface area contributed by atoms with Gasteiger partial charge in [-0.1, -0.05) is 39.0 Å². The van der Waals surface area contributed by atoms with Crippen molar-refractivity contribution < 1.29 is 14.6 Å². The molecule has 0 radical (unpaired) electrons. The molecule has 17 heavy (non-hydrogen) atoms. The van der Waals surface area contributed by atoms with E-state index >= 15 is 0 Å². The van der Waals surface area contributed by atoms with Gasteiger partial charge in [0, 0.05) is 0 Å². The van der Waals surface area contributed by atoms with Crippen LogP contribution in [0.3, 0.4) is 0 Å². The summed E-state index contributed by atoms with van der Waals surface area (Å²) in [6, 6.07) is 5.89. The number of carbonyl (C=O) groups excluding carboxylic acids is 1. The standard InChI is InChI=1S/C14H20O3/c1-5-10-6-7-11(9(2)3)12(8-10)13(15)14(16)17-4/h6-9,13,15H,5H2,1-4H3. The molecule has 1 unspecified atom stereocenters. The molecule has 0 saturated heterocycles. The second kappa shape index (κ2) is 5.82. The maximum Gasteiger partial charge on any atom is 0.339 e. The van der Waals surface area contributed by atoms with Crippen LogP contribution in [0.5, 0.6) is 0 Å². The minimum Gasteiger partial charge on any atom is -0.467 e. The molecule has 3 nitrogen and oxygen atoms in total. The van der Waals surface area contributed by atoms with Gasteiger partial charge in [0.25, 0.3) is 0 Å². The van der Waals surface area contributed by atoms with Gasteiger partial charge in [0.15, 0.2) is 6.10 Å². The summed E-state index contributed by atoms with van der Waals surface area (Å²) in [6.07, 6.45) is -0.317. The Morgan fingerprint density at radius 3 is 2.47 bits per heavy atom. The zero-order valence-electron chi connectivity index (χ0n) is 10.9. The Kier molecular flexibility index (Phi) is 4.70. The van der Waals surface area contributed by atoms with E-state index in [1.54, 1.807) is 0 Å². The van der Waals surface area contributed by atoms with Gasteiger partial charge in [0.05, 0.1) is 7.11 Å². The molecule has 1 aromatic carbocycles. The zero-order valence-corrected chi connectivity index (χ0v) is 10.9. The van der Waals surface area contributed by atoms with Gasteiger partial charge in [-0.2, -0.15) is 0 Å². The van der Waals surface area contributed by atoms with Gasteiger partial charge in [-0.15, -0.1) is 0 Å². The van der Waals surface area contributed by atoms with Crippen LogP contribution in [-0.2, 0) is 16.0 Å². The fourth-order valence-corrected chi connectivity index (χ4v) is 1.85. The maximum absolute atomic E-state index is 11.4. The summed E-state index contributed by atoms with van der Waals surface area (Å²) in [5.74, 6) is -0.352. The third kappa shape index (κ3) is 3.07. The molecule has 1 aromatic rings. The van der Waals surface area contributed by atoms with Crippen LogP contribution >= 0.6 is 0 Å². The lowest BCUT2D eigenvalue weighted by Crippen LogP contribution is -2.16. The van der Waals surface area contributed by atoms with Gasteiger partial charge < -0.3 is 9.84 Å². The minimum absolute atomic E-state index is 0.259. The Bertz CT molecular complexity index is 396. The number of aliphatic hydroxyl groups excluding tert-OH is 1. The first kappa shape index (κ1) is 13.7. The predicted octanol–water partition coefficient (Wildman–Crippen LogP) is 2.58. The van der Waals surface area contributed by atoms with Gasteiger partial charge in [-0.3, -0.25) is 0 Å². The van der Waals surface area contributed by atoms with Crippen LogP contribution in [-0.4, -0.2) is 18.2 Å². The molecule has 0 saturated carbocycles. The Morgan fingerprint density at radius 1 is 1.35 bits per heavy atom. The van der Waals surface area contributed by atoms with E-state index < -0.39 is 12.1 Å². The first-order valence-electron chi connectivity index (χ1n) is 5.89. The SMILES string of the molecule is CCc1ccc(C(C)C)c(C(O)C(=O)OC)c1. The molecule has 0 fully saturated rings. The van der Waals surface area contributed by atoms with E-state index in [4.69, 9.17) is 0 Å². The second-order valence-corrected chi connectivity index (χ2v) is 4.40. The third-order valence-electron chi connectivity index (χ3n) is 2.90. The van der Waals surface area contributed by atoms with E-state index in [-0.39, 0.29) is 5.92 Å². The van der Waals surface area contributed by atoms with E-state index in [0.29, 0.717) is 5.56 Å². The smallest absolute Gasteiger partial charge is 0.339 e. The summed E-state index contributed by atoms with van der Waals surface area (Å²) in [5, 5.41) is 9.96. The van der Waals surface area contributed by atoms with E-state index in [1.165, 1.54) is 7.11 Å². The fourth-order valence-electron chi connectivity index (χ4n) is 1.85. The number of aryl methyl sites for hydroxylation is 1.